The molecule has 1 aromatic rings. The van der Waals surface area contributed by atoms with Gasteiger partial charge >= 0.3 is 5.97 Å². The van der Waals surface area contributed by atoms with Crippen molar-refractivity contribution in [3.8, 4) is 6.07 Å². The van der Waals surface area contributed by atoms with Gasteiger partial charge in [0.05, 0.1) is 17.2 Å². The van der Waals surface area contributed by atoms with Crippen LogP contribution in [0.3, 0.4) is 0 Å². The number of aromatic carboxylic acids is 1. The van der Waals surface area contributed by atoms with Gasteiger partial charge in [-0.2, -0.15) is 5.26 Å². The highest BCUT2D eigenvalue weighted by Gasteiger charge is 2.12. The number of hydrogen-bond donors (Lipinski definition) is 1. The smallest absolute Gasteiger partial charge is 0.335 e. The fourth-order valence-corrected chi connectivity index (χ4v) is 1.42. The maximum absolute atomic E-state index is 10.7. The van der Waals surface area contributed by atoms with E-state index in [0.717, 1.165) is 0 Å². The van der Waals surface area contributed by atoms with Crippen molar-refractivity contribution in [2.24, 2.45) is 0 Å². The largest absolute Gasteiger partial charge is 0.478 e. The molecule has 0 aliphatic heterocycles. The number of carboxylic acids is 1. The molecule has 0 aromatic heterocycles. The van der Waals surface area contributed by atoms with Crippen LogP contribution in [0.4, 0.5) is 0 Å². The van der Waals surface area contributed by atoms with Gasteiger partial charge in [0.15, 0.2) is 0 Å². The van der Waals surface area contributed by atoms with Crippen LogP contribution >= 0.6 is 0 Å². The maximum atomic E-state index is 10.7. The number of benzene rings is 1. The van der Waals surface area contributed by atoms with E-state index in [9.17, 15) is 9.59 Å². The van der Waals surface area contributed by atoms with Crippen molar-refractivity contribution in [3.05, 3.63) is 34.4 Å². The third-order valence-electron chi connectivity index (χ3n) is 2.13. The Morgan fingerprint density at radius 2 is 2.27 bits per heavy atom. The number of carbonyl (C=O) groups is 2. The zero-order chi connectivity index (χ0) is 11.4. The van der Waals surface area contributed by atoms with Crippen molar-refractivity contribution in [3.63, 3.8) is 0 Å². The molecule has 15 heavy (non-hydrogen) atoms. The predicted octanol–water partition coefficient (Wildman–Crippen LogP) is 1.63. The van der Waals surface area contributed by atoms with E-state index in [1.165, 1.54) is 12.1 Å². The van der Waals surface area contributed by atoms with Gasteiger partial charge in [-0.25, -0.2) is 4.79 Å². The molecule has 0 aliphatic rings. The minimum Gasteiger partial charge on any atom is -0.478 e. The summed E-state index contributed by atoms with van der Waals surface area (Å²) in [5, 5.41) is 17.6. The number of hydrogen-bond acceptors (Lipinski definition) is 3. The first-order valence-corrected chi connectivity index (χ1v) is 4.39. The Balaban J connectivity index is 3.51. The van der Waals surface area contributed by atoms with Gasteiger partial charge in [0.1, 0.15) is 6.29 Å². The van der Waals surface area contributed by atoms with E-state index in [2.05, 4.69) is 0 Å². The van der Waals surface area contributed by atoms with Gasteiger partial charge in [0.25, 0.3) is 0 Å². The molecule has 0 atom stereocenters. The molecule has 4 heteroatoms. The molecule has 0 bridgehead atoms. The van der Waals surface area contributed by atoms with Crippen LogP contribution in [-0.2, 0) is 6.42 Å². The molecule has 0 unspecified atom stereocenters. The summed E-state index contributed by atoms with van der Waals surface area (Å²) in [4.78, 5) is 21.4. The van der Waals surface area contributed by atoms with E-state index in [-0.39, 0.29) is 16.7 Å². The van der Waals surface area contributed by atoms with Crippen molar-refractivity contribution in [2.75, 3.05) is 0 Å². The van der Waals surface area contributed by atoms with E-state index in [4.69, 9.17) is 10.4 Å². The Labute approximate surface area is 86.8 Å². The Kier molecular flexibility index (Phi) is 3.19. The highest BCUT2D eigenvalue weighted by Crippen LogP contribution is 2.16. The number of carbonyl (C=O) groups excluding carboxylic acids is 1. The summed E-state index contributed by atoms with van der Waals surface area (Å²) in [6, 6.07) is 4.47. The Hall–Kier alpha value is -2.15. The van der Waals surface area contributed by atoms with Crippen molar-refractivity contribution in [1.82, 2.24) is 0 Å². The number of nitrogens with zero attached hydrogens (tertiary/aromatic N) is 1. The Morgan fingerprint density at radius 1 is 1.60 bits per heavy atom. The lowest BCUT2D eigenvalue weighted by atomic mass is 9.97. The van der Waals surface area contributed by atoms with Crippen LogP contribution in [0.5, 0.6) is 0 Å². The predicted molar refractivity (Wildman–Crippen MR) is 52.9 cm³/mol. The third kappa shape index (κ3) is 2.02. The van der Waals surface area contributed by atoms with Gasteiger partial charge in [0.2, 0.25) is 0 Å². The second-order valence-electron chi connectivity index (χ2n) is 2.98. The molecule has 1 N–H and O–H groups in total. The van der Waals surface area contributed by atoms with Crippen molar-refractivity contribution in [2.45, 2.75) is 13.3 Å². The summed E-state index contributed by atoms with van der Waals surface area (Å²) in [6.45, 7) is 1.81. The molecular formula is C11H9NO3. The summed E-state index contributed by atoms with van der Waals surface area (Å²) in [5.41, 5.74) is 1.08. The van der Waals surface area contributed by atoms with Gasteiger partial charge in [-0.05, 0) is 24.1 Å². The van der Waals surface area contributed by atoms with Crippen molar-refractivity contribution >= 4 is 12.3 Å². The molecule has 0 heterocycles. The van der Waals surface area contributed by atoms with Gasteiger partial charge in [-0.3, -0.25) is 4.79 Å². The average molecular weight is 203 g/mol. The lowest BCUT2D eigenvalue weighted by Crippen LogP contribution is -2.03. The zero-order valence-corrected chi connectivity index (χ0v) is 8.15. The normalized spacial score (nSPS) is 9.33. The zero-order valence-electron chi connectivity index (χ0n) is 8.15. The molecular weight excluding hydrogens is 194 g/mol. The fourth-order valence-electron chi connectivity index (χ4n) is 1.42. The summed E-state index contributed by atoms with van der Waals surface area (Å²) in [5.74, 6) is -1.14. The first kappa shape index (κ1) is 10.9. The summed E-state index contributed by atoms with van der Waals surface area (Å²) in [6.07, 6.45) is 1.10. The maximum Gasteiger partial charge on any atom is 0.335 e. The number of rotatable bonds is 3. The molecule has 1 rings (SSSR count). The van der Waals surface area contributed by atoms with Crippen LogP contribution < -0.4 is 0 Å². The molecule has 0 fully saturated rings. The highest BCUT2D eigenvalue weighted by atomic mass is 16.4. The van der Waals surface area contributed by atoms with E-state index in [0.29, 0.717) is 18.3 Å². The molecule has 1 aromatic carbocycles. The summed E-state index contributed by atoms with van der Waals surface area (Å²) >= 11 is 0. The molecule has 76 valence electrons. The fraction of sp³-hybridized carbons (Fsp3) is 0.182. The van der Waals surface area contributed by atoms with Crippen LogP contribution in [0.25, 0.3) is 0 Å². The second kappa shape index (κ2) is 4.38. The average Bonchev–Trinajstić information content (AvgIpc) is 2.26. The molecule has 0 saturated carbocycles. The van der Waals surface area contributed by atoms with Gasteiger partial charge in [-0.15, -0.1) is 0 Å². The number of nitriles is 1. The molecule has 4 nitrogen and oxygen atoms in total. The molecule has 0 aliphatic carbocycles. The SMILES string of the molecule is CCc1c(C#N)cc(C(=O)O)cc1C=O. The van der Waals surface area contributed by atoms with Gasteiger partial charge in [-0.1, -0.05) is 6.92 Å². The number of aldehydes is 1. The first-order chi connectivity index (χ1) is 7.13. The Bertz CT molecular complexity index is 458. The van der Waals surface area contributed by atoms with Crippen LogP contribution in [0.2, 0.25) is 0 Å². The highest BCUT2D eigenvalue weighted by molar-refractivity contribution is 5.91. The lowest BCUT2D eigenvalue weighted by Gasteiger charge is -2.05. The standard InChI is InChI=1S/C11H9NO3/c1-2-10-8(5-12)3-7(11(14)15)4-9(10)6-13/h3-4,6H,2H2,1H3,(H,14,15). The first-order valence-electron chi connectivity index (χ1n) is 4.39. The summed E-state index contributed by atoms with van der Waals surface area (Å²) < 4.78 is 0. The molecule has 0 spiro atoms. The van der Waals surface area contributed by atoms with E-state index in [1.54, 1.807) is 0 Å². The third-order valence-corrected chi connectivity index (χ3v) is 2.13. The number of carboxylic acid groups (broad SMARTS) is 1. The second-order valence-corrected chi connectivity index (χ2v) is 2.98. The van der Waals surface area contributed by atoms with Gasteiger partial charge < -0.3 is 5.11 Å². The van der Waals surface area contributed by atoms with Crippen LogP contribution in [-0.4, -0.2) is 17.4 Å². The van der Waals surface area contributed by atoms with Crippen LogP contribution in [0.15, 0.2) is 12.1 Å². The minimum absolute atomic E-state index is 0.0362. The van der Waals surface area contributed by atoms with E-state index < -0.39 is 5.97 Å². The summed E-state index contributed by atoms with van der Waals surface area (Å²) in [7, 11) is 0. The quantitative estimate of drug-likeness (QED) is 0.757. The van der Waals surface area contributed by atoms with Crippen LogP contribution in [0.1, 0.15) is 38.8 Å². The molecule has 0 saturated heterocycles. The van der Waals surface area contributed by atoms with Crippen molar-refractivity contribution in [1.29, 1.82) is 5.26 Å². The molecule has 0 radical (unpaired) electrons. The van der Waals surface area contributed by atoms with Gasteiger partial charge in [0, 0.05) is 5.56 Å². The minimum atomic E-state index is -1.14. The van der Waals surface area contributed by atoms with E-state index in [1.807, 2.05) is 13.0 Å². The lowest BCUT2D eigenvalue weighted by molar-refractivity contribution is 0.0697. The Morgan fingerprint density at radius 3 is 2.67 bits per heavy atom. The van der Waals surface area contributed by atoms with Crippen LogP contribution in [0, 0.1) is 11.3 Å². The monoisotopic (exact) mass is 203 g/mol. The van der Waals surface area contributed by atoms with E-state index >= 15 is 0 Å². The topological polar surface area (TPSA) is 78.2 Å². The van der Waals surface area contributed by atoms with Crippen molar-refractivity contribution < 1.29 is 14.7 Å². The molecule has 0 amide bonds.